The van der Waals surface area contributed by atoms with E-state index in [-0.39, 0.29) is 0 Å². The molecule has 0 heterocycles. The molecule has 0 aliphatic heterocycles. The lowest BCUT2D eigenvalue weighted by molar-refractivity contribution is 1.52. The summed E-state index contributed by atoms with van der Waals surface area (Å²) in [6, 6.07) is 89.3. The molecule has 0 saturated carbocycles. The predicted molar refractivity (Wildman–Crippen MR) is 263 cm³/mol. The first-order valence-electron chi connectivity index (χ1n) is 21.5. The lowest BCUT2D eigenvalue weighted by Gasteiger charge is -2.22. The van der Waals surface area contributed by atoms with Crippen molar-refractivity contribution >= 4 is 49.4 Å². The molecule has 288 valence electrons. The van der Waals surface area contributed by atoms with Crippen LogP contribution in [0.25, 0.3) is 82.8 Å². The summed E-state index contributed by atoms with van der Waals surface area (Å²) in [6.45, 7) is 0. The topological polar surface area (TPSA) is 0 Å². The summed E-state index contributed by atoms with van der Waals surface area (Å²) in [7, 11) is 0. The van der Waals surface area contributed by atoms with E-state index in [1.54, 1.807) is 0 Å². The van der Waals surface area contributed by atoms with Gasteiger partial charge in [0.1, 0.15) is 0 Å². The van der Waals surface area contributed by atoms with Crippen molar-refractivity contribution in [1.82, 2.24) is 0 Å². The third-order valence-corrected chi connectivity index (χ3v) is 12.8. The van der Waals surface area contributed by atoms with Gasteiger partial charge in [0.2, 0.25) is 0 Å². The van der Waals surface area contributed by atoms with Crippen molar-refractivity contribution in [3.05, 3.63) is 282 Å². The van der Waals surface area contributed by atoms with Crippen LogP contribution in [0.4, 0.5) is 0 Å². The maximum absolute atomic E-state index is 2.50. The zero-order chi connectivity index (χ0) is 41.0. The van der Waals surface area contributed by atoms with Crippen LogP contribution in [0.15, 0.2) is 248 Å². The number of rotatable bonds is 7. The molecule has 0 atom stereocenters. The van der Waals surface area contributed by atoms with E-state index >= 15 is 0 Å². The molecular formula is C62H40. The van der Waals surface area contributed by atoms with Gasteiger partial charge in [0.15, 0.2) is 0 Å². The smallest absolute Gasteiger partial charge is 0.000137 e. The van der Waals surface area contributed by atoms with Crippen LogP contribution in [0.5, 0.6) is 0 Å². The molecule has 0 unspecified atom stereocenters. The van der Waals surface area contributed by atoms with E-state index in [0.717, 1.165) is 0 Å². The minimum Gasteiger partial charge on any atom is -0.0622 e. The van der Waals surface area contributed by atoms with Gasteiger partial charge in [0.25, 0.3) is 0 Å². The maximum atomic E-state index is 2.50. The van der Waals surface area contributed by atoms with Crippen LogP contribution in [0.2, 0.25) is 0 Å². The van der Waals surface area contributed by atoms with Crippen LogP contribution in [0.3, 0.4) is 0 Å². The summed E-state index contributed by atoms with van der Waals surface area (Å²) < 4.78 is 0. The number of hydrogen-bond acceptors (Lipinski definition) is 0. The summed E-state index contributed by atoms with van der Waals surface area (Å²) in [5, 5.41) is 4.99. The highest BCUT2D eigenvalue weighted by molar-refractivity contribution is 6.42. The second kappa shape index (κ2) is 14.9. The lowest BCUT2D eigenvalue weighted by atomic mass is 9.80. The van der Waals surface area contributed by atoms with Gasteiger partial charge in [-0.3, -0.25) is 0 Å². The summed E-state index contributed by atoms with van der Waals surface area (Å²) in [5.41, 5.74) is 22.4. The van der Waals surface area contributed by atoms with E-state index in [1.807, 2.05) is 0 Å². The fraction of sp³-hybridized carbons (Fsp3) is 0. The molecule has 0 radical (unpaired) electrons. The molecule has 0 aromatic heterocycles. The van der Waals surface area contributed by atoms with E-state index in [0.29, 0.717) is 0 Å². The van der Waals surface area contributed by atoms with E-state index in [4.69, 9.17) is 0 Å². The maximum Gasteiger partial charge on any atom is -0.000137 e. The average Bonchev–Trinajstić information content (AvgIpc) is 3.86. The minimum atomic E-state index is 1.20. The van der Waals surface area contributed by atoms with E-state index in [9.17, 15) is 0 Å². The van der Waals surface area contributed by atoms with E-state index in [1.165, 1.54) is 122 Å². The zero-order valence-electron chi connectivity index (χ0n) is 34.1. The summed E-state index contributed by atoms with van der Waals surface area (Å²) in [5.74, 6) is 0. The van der Waals surface area contributed by atoms with Crippen LogP contribution in [-0.4, -0.2) is 0 Å². The molecule has 62 heavy (non-hydrogen) atoms. The lowest BCUT2D eigenvalue weighted by Crippen LogP contribution is -1.99. The number of benzene rings is 10. The van der Waals surface area contributed by atoms with Crippen molar-refractivity contribution in [2.24, 2.45) is 0 Å². The number of hydrogen-bond donors (Lipinski definition) is 0. The second-order valence-electron chi connectivity index (χ2n) is 16.2. The Bertz CT molecular complexity index is 3370. The van der Waals surface area contributed by atoms with Crippen molar-refractivity contribution in [2.45, 2.75) is 0 Å². The predicted octanol–water partition coefficient (Wildman–Crippen LogP) is 16.3. The van der Waals surface area contributed by atoms with Gasteiger partial charge in [-0.2, -0.15) is 0 Å². The molecule has 0 saturated heterocycles. The summed E-state index contributed by atoms with van der Waals surface area (Å²) in [4.78, 5) is 0. The third-order valence-electron chi connectivity index (χ3n) is 12.8. The minimum absolute atomic E-state index is 1.20. The van der Waals surface area contributed by atoms with Crippen LogP contribution in [0, 0.1) is 0 Å². The van der Waals surface area contributed by atoms with Gasteiger partial charge in [0.05, 0.1) is 0 Å². The fourth-order valence-electron chi connectivity index (χ4n) is 10.3. The van der Waals surface area contributed by atoms with Crippen molar-refractivity contribution < 1.29 is 0 Å². The molecule has 0 amide bonds. The van der Waals surface area contributed by atoms with Gasteiger partial charge in [-0.25, -0.2) is 0 Å². The first-order chi connectivity index (χ1) is 30.8. The average molecular weight is 785 g/mol. The van der Waals surface area contributed by atoms with Crippen molar-refractivity contribution in [1.29, 1.82) is 0 Å². The van der Waals surface area contributed by atoms with Crippen LogP contribution in [-0.2, 0) is 0 Å². The highest BCUT2D eigenvalue weighted by Gasteiger charge is 2.41. The highest BCUT2D eigenvalue weighted by atomic mass is 14.4. The summed E-state index contributed by atoms with van der Waals surface area (Å²) >= 11 is 0. The molecule has 0 N–H and O–H groups in total. The Balaban J connectivity index is 1.30. The van der Waals surface area contributed by atoms with Gasteiger partial charge in [-0.15, -0.1) is 0 Å². The molecular weight excluding hydrogens is 745 g/mol. The van der Waals surface area contributed by atoms with Gasteiger partial charge < -0.3 is 0 Å². The molecule has 12 rings (SSSR count). The second-order valence-corrected chi connectivity index (χ2v) is 16.2. The normalized spacial score (nSPS) is 13.3. The molecule has 0 fully saturated rings. The number of fused-ring (bicyclic) bond motifs is 5. The number of allylic oxidation sites excluding steroid dienone is 5. The quantitative estimate of drug-likeness (QED) is 0.141. The molecule has 0 bridgehead atoms. The summed E-state index contributed by atoms with van der Waals surface area (Å²) in [6.07, 6.45) is 0. The standard InChI is InChI=1S/C62H40/c1-7-23-41(24-8-1)51-39-53-54(40-52(51)42-25-9-2-10-26-42)60-57(45-31-15-5-16-32-45)62(58(46-33-17-6-18-34-46)61(60)56(53)44-29-13-4-14-30-44)59-49-37-21-19-35-47(49)55(43-27-11-3-12-28-43)48-36-20-22-38-50(48)59/h1-40H. The van der Waals surface area contributed by atoms with Gasteiger partial charge in [-0.05, 0) is 134 Å². The highest BCUT2D eigenvalue weighted by Crippen LogP contribution is 2.63. The van der Waals surface area contributed by atoms with Gasteiger partial charge in [-0.1, -0.05) is 231 Å². The third kappa shape index (κ3) is 5.69. The Kier molecular flexibility index (Phi) is 8.61. The largest absolute Gasteiger partial charge is 0.0622 e. The Hall–Kier alpha value is -8.06. The fourth-order valence-corrected chi connectivity index (χ4v) is 10.3. The van der Waals surface area contributed by atoms with Crippen molar-refractivity contribution in [3.8, 4) is 33.4 Å². The molecule has 0 heteroatoms. The molecule has 0 nitrogen and oxygen atoms in total. The Labute approximate surface area is 362 Å². The van der Waals surface area contributed by atoms with Gasteiger partial charge >= 0.3 is 0 Å². The Morgan fingerprint density at radius 3 is 0.855 bits per heavy atom. The Morgan fingerprint density at radius 2 is 0.452 bits per heavy atom. The van der Waals surface area contributed by atoms with Crippen LogP contribution < -0.4 is 0 Å². The van der Waals surface area contributed by atoms with Crippen LogP contribution in [0.1, 0.15) is 33.4 Å². The van der Waals surface area contributed by atoms with Crippen LogP contribution >= 0.6 is 0 Å². The molecule has 2 aliphatic rings. The molecule has 0 spiro atoms. The Morgan fingerprint density at radius 1 is 0.161 bits per heavy atom. The first kappa shape index (κ1) is 35.8. The zero-order valence-corrected chi connectivity index (χ0v) is 34.1. The SMILES string of the molecule is c1ccc(C2=C3C(=C(c4ccccc4)c4cc(-c5ccccc5)c(-c5ccccc5)cc43)C(c3ccccc3)=C2c2c3ccccc3c(-c3ccccc3)c3ccccc23)cc1. The molecule has 2 aliphatic carbocycles. The molecule has 10 aromatic carbocycles. The van der Waals surface area contributed by atoms with E-state index < -0.39 is 0 Å². The van der Waals surface area contributed by atoms with Gasteiger partial charge in [0, 0.05) is 0 Å². The first-order valence-corrected chi connectivity index (χ1v) is 21.5. The van der Waals surface area contributed by atoms with E-state index in [2.05, 4.69) is 243 Å². The monoisotopic (exact) mass is 784 g/mol. The van der Waals surface area contributed by atoms with Crippen molar-refractivity contribution in [3.63, 3.8) is 0 Å². The molecule has 10 aromatic rings. The van der Waals surface area contributed by atoms with Crippen molar-refractivity contribution in [2.75, 3.05) is 0 Å².